The van der Waals surface area contributed by atoms with Crippen LogP contribution in [0.4, 0.5) is 36.8 Å². The lowest BCUT2D eigenvalue weighted by atomic mass is 9.80. The van der Waals surface area contributed by atoms with Crippen molar-refractivity contribution in [3.8, 4) is 11.6 Å². The predicted molar refractivity (Wildman–Crippen MR) is 193 cm³/mol. The van der Waals surface area contributed by atoms with Crippen LogP contribution in [0.2, 0.25) is 0 Å². The molecule has 21 heteroatoms. The Kier molecular flexibility index (Phi) is 17.0. The third-order valence-electron chi connectivity index (χ3n) is 8.94. The van der Waals surface area contributed by atoms with Crippen molar-refractivity contribution in [2.24, 2.45) is 5.73 Å². The second kappa shape index (κ2) is 20.9. The van der Waals surface area contributed by atoms with E-state index >= 15 is 0 Å². The van der Waals surface area contributed by atoms with Crippen molar-refractivity contribution in [1.29, 1.82) is 0 Å². The number of fused-ring (bicyclic) bond motifs is 1. The number of nitrogens with two attached hydrogens (primary N) is 1. The number of hydrogen-bond acceptors (Lipinski definition) is 11. The first kappa shape index (κ1) is 47.1. The van der Waals surface area contributed by atoms with Gasteiger partial charge in [0, 0.05) is 45.0 Å². The molecule has 6 N–H and O–H groups in total. The van der Waals surface area contributed by atoms with Crippen LogP contribution < -0.4 is 20.1 Å². The molecule has 0 spiro atoms. The van der Waals surface area contributed by atoms with E-state index < -0.39 is 66.1 Å². The zero-order valence-electron chi connectivity index (χ0n) is 31.6. The van der Waals surface area contributed by atoms with Crippen molar-refractivity contribution in [2.75, 3.05) is 38.4 Å². The number of aromatic nitrogens is 3. The maximum absolute atomic E-state index is 13.5. The van der Waals surface area contributed by atoms with Gasteiger partial charge in [-0.1, -0.05) is 6.92 Å². The number of methoxy groups -OCH3 is 1. The zero-order valence-corrected chi connectivity index (χ0v) is 31.6. The standard InChI is InChI=1S/C27H27F6N5O5.C10H18O5/c1-3-25(34)17(12-18-20(38(25)24(40)41)4-5-22(36-18)42-2)23-35-13-21(43-7-6-39)19(37-23)10-14-8-15(26(28,29)30)11-16(9-14)27(31,32)33;11-9(12)5-1-3-7-15-8-4-2-6-10(13)14/h4-5,8-9,11,13,17,39H,3,6-7,10,12,34H2,1-2H3,(H,40,41);1-8H2,(H,11,12)(H,13,14). The van der Waals surface area contributed by atoms with Gasteiger partial charge in [-0.05, 0) is 61.9 Å². The summed E-state index contributed by atoms with van der Waals surface area (Å²) >= 11 is 0. The number of aliphatic hydroxyl groups excluding tert-OH is 1. The Bertz CT molecular complexity index is 1810. The summed E-state index contributed by atoms with van der Waals surface area (Å²) in [6, 6.07) is 4.13. The Hall–Kier alpha value is -5.28. The third kappa shape index (κ3) is 13.1. The highest BCUT2D eigenvalue weighted by Crippen LogP contribution is 2.44. The fraction of sp³-hybridized carbons (Fsp3) is 0.514. The molecule has 2 aromatic heterocycles. The molecule has 1 aliphatic rings. The number of amides is 1. The van der Waals surface area contributed by atoms with Crippen molar-refractivity contribution in [1.82, 2.24) is 15.0 Å². The summed E-state index contributed by atoms with van der Waals surface area (Å²) in [4.78, 5) is 46.7. The van der Waals surface area contributed by atoms with Crippen LogP contribution in [-0.4, -0.2) is 92.6 Å². The molecule has 0 aliphatic carbocycles. The van der Waals surface area contributed by atoms with Gasteiger partial charge in [0.15, 0.2) is 5.75 Å². The highest BCUT2D eigenvalue weighted by atomic mass is 19.4. The van der Waals surface area contributed by atoms with Crippen LogP contribution in [0.25, 0.3) is 0 Å². The topological polar surface area (TPSA) is 228 Å². The molecule has 4 rings (SSSR count). The molecule has 3 heterocycles. The molecule has 1 aromatic carbocycles. The van der Waals surface area contributed by atoms with Crippen molar-refractivity contribution in [2.45, 2.75) is 88.6 Å². The highest BCUT2D eigenvalue weighted by molar-refractivity contribution is 5.89. The van der Waals surface area contributed by atoms with Crippen molar-refractivity contribution in [3.63, 3.8) is 0 Å². The number of rotatable bonds is 18. The summed E-state index contributed by atoms with van der Waals surface area (Å²) in [5.41, 5.74) is 2.11. The number of carboxylic acid groups (broad SMARTS) is 3. The van der Waals surface area contributed by atoms with E-state index in [2.05, 4.69) is 15.0 Å². The molecule has 58 heavy (non-hydrogen) atoms. The molecule has 15 nitrogen and oxygen atoms in total. The van der Waals surface area contributed by atoms with E-state index in [0.717, 1.165) is 23.9 Å². The van der Waals surface area contributed by atoms with Gasteiger partial charge in [0.1, 0.15) is 18.1 Å². The summed E-state index contributed by atoms with van der Waals surface area (Å²) in [5, 5.41) is 36.0. The van der Waals surface area contributed by atoms with Crippen LogP contribution >= 0.6 is 0 Å². The summed E-state index contributed by atoms with van der Waals surface area (Å²) in [6.07, 6.45) is -7.71. The number of pyridine rings is 1. The van der Waals surface area contributed by atoms with Crippen LogP contribution in [-0.2, 0) is 39.5 Å². The van der Waals surface area contributed by atoms with Crippen LogP contribution in [0.5, 0.6) is 11.6 Å². The average Bonchev–Trinajstić information content (AvgIpc) is 3.15. The van der Waals surface area contributed by atoms with E-state index in [0.29, 0.717) is 43.9 Å². The maximum Gasteiger partial charge on any atom is 0.416 e. The minimum Gasteiger partial charge on any atom is -0.488 e. The van der Waals surface area contributed by atoms with E-state index in [1.54, 1.807) is 6.92 Å². The minimum atomic E-state index is -5.06. The lowest BCUT2D eigenvalue weighted by Gasteiger charge is -2.47. The van der Waals surface area contributed by atoms with E-state index in [9.17, 15) is 50.9 Å². The van der Waals surface area contributed by atoms with Gasteiger partial charge in [-0.2, -0.15) is 26.3 Å². The average molecular weight is 834 g/mol. The Balaban J connectivity index is 0.000000509. The Morgan fingerprint density at radius 2 is 1.48 bits per heavy atom. The Morgan fingerprint density at radius 3 is 1.97 bits per heavy atom. The zero-order chi connectivity index (χ0) is 43.3. The first-order valence-electron chi connectivity index (χ1n) is 18.0. The van der Waals surface area contributed by atoms with Crippen LogP contribution in [0.15, 0.2) is 36.5 Å². The van der Waals surface area contributed by atoms with Crippen LogP contribution in [0, 0.1) is 0 Å². The SMILES string of the molecule is CCC1(N)C(c2ncc(OCCO)c(Cc3cc(C(F)(F)F)cc(C(F)(F)F)c3)n2)Cc2nc(OC)ccc2N1C(=O)O.O=C(O)CCCCOCCCCC(=O)O. The number of hydrogen-bond donors (Lipinski definition) is 5. The molecule has 0 saturated carbocycles. The summed E-state index contributed by atoms with van der Waals surface area (Å²) in [5.74, 6) is -2.47. The van der Waals surface area contributed by atoms with Gasteiger partial charge in [-0.15, -0.1) is 0 Å². The number of halogens is 6. The molecule has 0 fully saturated rings. The smallest absolute Gasteiger partial charge is 0.416 e. The molecular weight excluding hydrogens is 788 g/mol. The maximum atomic E-state index is 13.5. The number of alkyl halides is 6. The molecular formula is C37H45F6N5O10. The summed E-state index contributed by atoms with van der Waals surface area (Å²) in [6.45, 7) is 2.03. The van der Waals surface area contributed by atoms with E-state index in [-0.39, 0.29) is 72.8 Å². The number of anilines is 1. The van der Waals surface area contributed by atoms with Gasteiger partial charge in [-0.3, -0.25) is 14.5 Å². The second-order valence-corrected chi connectivity index (χ2v) is 13.1. The molecule has 0 bridgehead atoms. The van der Waals surface area contributed by atoms with Gasteiger partial charge in [0.25, 0.3) is 0 Å². The lowest BCUT2D eigenvalue weighted by Crippen LogP contribution is -2.64. The Labute approximate surface area is 328 Å². The predicted octanol–water partition coefficient (Wildman–Crippen LogP) is 6.28. The molecule has 0 radical (unpaired) electrons. The van der Waals surface area contributed by atoms with Gasteiger partial charge in [0.05, 0.1) is 54.0 Å². The van der Waals surface area contributed by atoms with Crippen molar-refractivity contribution in [3.05, 3.63) is 70.4 Å². The number of aliphatic hydroxyl groups is 1. The normalized spacial score (nSPS) is 16.5. The molecule has 1 amide bonds. The number of benzene rings is 1. The quantitative estimate of drug-likeness (QED) is 0.0702. The second-order valence-electron chi connectivity index (χ2n) is 13.1. The fourth-order valence-electron chi connectivity index (χ4n) is 6.06. The number of ether oxygens (including phenoxy) is 3. The first-order valence-corrected chi connectivity index (χ1v) is 18.0. The van der Waals surface area contributed by atoms with Gasteiger partial charge in [0.2, 0.25) is 5.88 Å². The molecule has 3 aromatic rings. The fourth-order valence-corrected chi connectivity index (χ4v) is 6.06. The molecule has 2 unspecified atom stereocenters. The minimum absolute atomic E-state index is 0.0172. The van der Waals surface area contributed by atoms with Crippen LogP contribution in [0.3, 0.4) is 0 Å². The number of carboxylic acids is 2. The highest BCUT2D eigenvalue weighted by Gasteiger charge is 2.50. The third-order valence-corrected chi connectivity index (χ3v) is 8.94. The molecule has 1 aliphatic heterocycles. The number of nitrogens with zero attached hydrogens (tertiary/aromatic N) is 4. The number of carbonyl (C=O) groups is 3. The van der Waals surface area contributed by atoms with Gasteiger partial charge >= 0.3 is 30.4 Å². The van der Waals surface area contributed by atoms with Crippen molar-refractivity contribution >= 4 is 23.7 Å². The first-order chi connectivity index (χ1) is 27.2. The number of unbranched alkanes of at least 4 members (excludes halogenated alkanes) is 2. The molecule has 2 atom stereocenters. The number of aliphatic carboxylic acids is 2. The van der Waals surface area contributed by atoms with Crippen LogP contribution in [0.1, 0.15) is 91.7 Å². The van der Waals surface area contributed by atoms with Crippen molar-refractivity contribution < 1.29 is 75.4 Å². The Morgan fingerprint density at radius 1 is 0.897 bits per heavy atom. The molecule has 320 valence electrons. The summed E-state index contributed by atoms with van der Waals surface area (Å²) in [7, 11) is 1.38. The van der Waals surface area contributed by atoms with E-state index in [1.807, 2.05) is 0 Å². The van der Waals surface area contributed by atoms with E-state index in [4.69, 9.17) is 30.2 Å². The lowest BCUT2D eigenvalue weighted by molar-refractivity contribution is -0.143. The van der Waals surface area contributed by atoms with Gasteiger partial charge in [-0.25, -0.2) is 19.7 Å². The molecule has 0 saturated heterocycles. The largest absolute Gasteiger partial charge is 0.488 e. The van der Waals surface area contributed by atoms with Gasteiger partial charge < -0.3 is 40.4 Å². The summed E-state index contributed by atoms with van der Waals surface area (Å²) < 4.78 is 96.8. The monoisotopic (exact) mass is 833 g/mol. The van der Waals surface area contributed by atoms with E-state index in [1.165, 1.54) is 19.2 Å².